The number of aliphatic hydroxyl groups excluding tert-OH is 4. The number of aliphatic hydroxyl groups is 4. The predicted molar refractivity (Wildman–Crippen MR) is 298 cm³/mol. The molecule has 72 heavy (non-hydrogen) atoms. The Balaban J connectivity index is 2.14. The smallest absolute Gasteiger partial charge is 0.306 e. The molecular weight excluding hydrogens is 905 g/mol. The molecule has 0 amide bonds. The zero-order valence-corrected chi connectivity index (χ0v) is 47.5. The van der Waals surface area contributed by atoms with E-state index in [9.17, 15) is 30.0 Å². The quantitative estimate of drug-likeness (QED) is 0.0342. The highest BCUT2D eigenvalue weighted by molar-refractivity contribution is 5.70. The van der Waals surface area contributed by atoms with Crippen LogP contribution in [0.3, 0.4) is 0 Å². The second-order valence-electron chi connectivity index (χ2n) is 22.2. The summed E-state index contributed by atoms with van der Waals surface area (Å²) in [4.78, 5) is 25.6. The standard InChI is InChI=1S/C62H120O10/c1-3-5-7-9-11-13-15-17-19-21-23-25-27-29-31-33-35-37-39-41-43-45-47-49-51-58(65)71-55(54-70-62-61(68)60(67)59(66)56(52-63)72-62)53-69-57(64)50-48-46-44-42-40-38-36-34-32-30-28-26-24-22-20-18-16-14-12-10-8-6-4-2/h55-56,59-63,66-68H,3-54H2,1-2H3. The van der Waals surface area contributed by atoms with E-state index in [1.165, 1.54) is 263 Å². The normalized spacial score (nSPS) is 18.4. The first-order valence-corrected chi connectivity index (χ1v) is 31.6. The third kappa shape index (κ3) is 42.9. The summed E-state index contributed by atoms with van der Waals surface area (Å²) in [6.07, 6.45) is 54.2. The molecule has 6 atom stereocenters. The summed E-state index contributed by atoms with van der Waals surface area (Å²) < 4.78 is 22.4. The van der Waals surface area contributed by atoms with Crippen LogP contribution in [0.25, 0.3) is 0 Å². The maximum Gasteiger partial charge on any atom is 0.306 e. The Morgan fingerprint density at radius 1 is 0.375 bits per heavy atom. The van der Waals surface area contributed by atoms with Crippen LogP contribution in [-0.4, -0.2) is 89.0 Å². The van der Waals surface area contributed by atoms with E-state index in [1.807, 2.05) is 0 Å². The van der Waals surface area contributed by atoms with Gasteiger partial charge in [0.15, 0.2) is 12.4 Å². The largest absolute Gasteiger partial charge is 0.462 e. The van der Waals surface area contributed by atoms with Gasteiger partial charge in [-0.3, -0.25) is 9.59 Å². The Morgan fingerprint density at radius 2 is 0.653 bits per heavy atom. The minimum atomic E-state index is -1.59. The van der Waals surface area contributed by atoms with Gasteiger partial charge in [0.1, 0.15) is 31.0 Å². The lowest BCUT2D eigenvalue weighted by Crippen LogP contribution is -2.59. The second-order valence-corrected chi connectivity index (χ2v) is 22.2. The van der Waals surface area contributed by atoms with Gasteiger partial charge in [-0.05, 0) is 12.8 Å². The first-order chi connectivity index (χ1) is 35.3. The third-order valence-electron chi connectivity index (χ3n) is 15.2. The van der Waals surface area contributed by atoms with E-state index in [0.717, 1.165) is 32.1 Å². The second kappa shape index (κ2) is 53.1. The number of hydrogen-bond donors (Lipinski definition) is 4. The van der Waals surface area contributed by atoms with Gasteiger partial charge in [0.2, 0.25) is 0 Å². The van der Waals surface area contributed by atoms with E-state index in [-0.39, 0.29) is 32.0 Å². The van der Waals surface area contributed by atoms with Crippen molar-refractivity contribution in [3.8, 4) is 0 Å². The van der Waals surface area contributed by atoms with E-state index < -0.39 is 49.4 Å². The number of unbranched alkanes of at least 4 members (excludes halogenated alkanes) is 45. The number of carbonyl (C=O) groups excluding carboxylic acids is 2. The maximum absolute atomic E-state index is 12.9. The molecule has 0 aromatic heterocycles. The average molecular weight is 1030 g/mol. The summed E-state index contributed by atoms with van der Waals surface area (Å²) in [6, 6.07) is 0. The lowest BCUT2D eigenvalue weighted by molar-refractivity contribution is -0.305. The van der Waals surface area contributed by atoms with E-state index >= 15 is 0 Å². The molecule has 1 aliphatic rings. The maximum atomic E-state index is 12.9. The highest BCUT2D eigenvalue weighted by Gasteiger charge is 2.44. The lowest BCUT2D eigenvalue weighted by atomic mass is 9.99. The van der Waals surface area contributed by atoms with Gasteiger partial charge in [-0.25, -0.2) is 0 Å². The van der Waals surface area contributed by atoms with Gasteiger partial charge >= 0.3 is 11.9 Å². The van der Waals surface area contributed by atoms with Gasteiger partial charge in [0, 0.05) is 12.8 Å². The van der Waals surface area contributed by atoms with Crippen molar-refractivity contribution in [2.45, 2.75) is 365 Å². The van der Waals surface area contributed by atoms with E-state index in [1.54, 1.807) is 0 Å². The van der Waals surface area contributed by atoms with Crippen LogP contribution in [0.2, 0.25) is 0 Å². The topological polar surface area (TPSA) is 152 Å². The third-order valence-corrected chi connectivity index (χ3v) is 15.2. The van der Waals surface area contributed by atoms with Crippen LogP contribution >= 0.6 is 0 Å². The molecule has 0 aromatic rings. The fourth-order valence-electron chi connectivity index (χ4n) is 10.3. The molecule has 1 heterocycles. The molecule has 6 unspecified atom stereocenters. The molecule has 1 aliphatic heterocycles. The molecule has 428 valence electrons. The molecule has 4 N–H and O–H groups in total. The summed E-state index contributed by atoms with van der Waals surface area (Å²) >= 11 is 0. The molecule has 0 radical (unpaired) electrons. The van der Waals surface area contributed by atoms with Crippen molar-refractivity contribution >= 4 is 11.9 Å². The van der Waals surface area contributed by atoms with Crippen LogP contribution in [0.4, 0.5) is 0 Å². The molecule has 1 fully saturated rings. The van der Waals surface area contributed by atoms with Gasteiger partial charge in [0.05, 0.1) is 13.2 Å². The predicted octanol–water partition coefficient (Wildman–Crippen LogP) is 16.4. The Labute approximate surface area is 444 Å². The van der Waals surface area contributed by atoms with Gasteiger partial charge < -0.3 is 39.4 Å². The first kappa shape index (κ1) is 68.7. The Hall–Kier alpha value is -1.30. The van der Waals surface area contributed by atoms with Crippen LogP contribution in [0.15, 0.2) is 0 Å². The summed E-state index contributed by atoms with van der Waals surface area (Å²) in [7, 11) is 0. The molecule has 1 rings (SSSR count). The number of hydrogen-bond acceptors (Lipinski definition) is 10. The van der Waals surface area contributed by atoms with E-state index in [0.29, 0.717) is 6.42 Å². The van der Waals surface area contributed by atoms with Crippen LogP contribution in [-0.2, 0) is 28.5 Å². The summed E-state index contributed by atoms with van der Waals surface area (Å²) in [5, 5.41) is 40.4. The molecule has 10 heteroatoms. The molecule has 1 saturated heterocycles. The van der Waals surface area contributed by atoms with Crippen LogP contribution < -0.4 is 0 Å². The highest BCUT2D eigenvalue weighted by atomic mass is 16.7. The molecule has 0 saturated carbocycles. The fourth-order valence-corrected chi connectivity index (χ4v) is 10.3. The molecule has 0 spiro atoms. The highest BCUT2D eigenvalue weighted by Crippen LogP contribution is 2.23. The Bertz CT molecular complexity index is 1140. The van der Waals surface area contributed by atoms with Crippen molar-refractivity contribution < 1.29 is 49.0 Å². The van der Waals surface area contributed by atoms with Crippen LogP contribution in [0, 0.1) is 0 Å². The van der Waals surface area contributed by atoms with Crippen molar-refractivity contribution in [2.24, 2.45) is 0 Å². The molecule has 0 aromatic carbocycles. The van der Waals surface area contributed by atoms with E-state index in [2.05, 4.69) is 13.8 Å². The monoisotopic (exact) mass is 1020 g/mol. The Morgan fingerprint density at radius 3 is 0.944 bits per heavy atom. The van der Waals surface area contributed by atoms with E-state index in [4.69, 9.17) is 18.9 Å². The number of carbonyl (C=O) groups is 2. The number of rotatable bonds is 56. The SMILES string of the molecule is CCCCCCCCCCCCCCCCCCCCCCCCCCC(=O)OC(COC(=O)CCCCCCCCCCCCCCCCCCCCCCCCC)COC1OC(CO)C(O)C(O)C1O. The summed E-state index contributed by atoms with van der Waals surface area (Å²) in [5.41, 5.74) is 0. The van der Waals surface area contributed by atoms with Gasteiger partial charge in [-0.15, -0.1) is 0 Å². The van der Waals surface area contributed by atoms with Gasteiger partial charge in [-0.1, -0.05) is 303 Å². The zero-order chi connectivity index (χ0) is 52.2. The Kier molecular flexibility index (Phi) is 50.7. The number of ether oxygens (including phenoxy) is 4. The summed E-state index contributed by atoms with van der Waals surface area (Å²) in [5.74, 6) is -0.778. The van der Waals surface area contributed by atoms with Crippen LogP contribution in [0.5, 0.6) is 0 Å². The molecular formula is C62H120O10. The average Bonchev–Trinajstić information content (AvgIpc) is 3.38. The van der Waals surface area contributed by atoms with Crippen molar-refractivity contribution in [2.75, 3.05) is 19.8 Å². The van der Waals surface area contributed by atoms with Crippen molar-refractivity contribution in [3.05, 3.63) is 0 Å². The zero-order valence-electron chi connectivity index (χ0n) is 47.5. The minimum Gasteiger partial charge on any atom is -0.462 e. The molecule has 10 nitrogen and oxygen atoms in total. The number of esters is 2. The van der Waals surface area contributed by atoms with Crippen molar-refractivity contribution in [1.29, 1.82) is 0 Å². The molecule has 0 aliphatic carbocycles. The molecule has 0 bridgehead atoms. The van der Waals surface area contributed by atoms with Crippen LogP contribution in [0.1, 0.15) is 328 Å². The van der Waals surface area contributed by atoms with Gasteiger partial charge in [-0.2, -0.15) is 0 Å². The minimum absolute atomic E-state index is 0.208. The van der Waals surface area contributed by atoms with Gasteiger partial charge in [0.25, 0.3) is 0 Å². The fraction of sp³-hybridized carbons (Fsp3) is 0.968. The summed E-state index contributed by atoms with van der Waals surface area (Å²) in [6.45, 7) is 3.52. The van der Waals surface area contributed by atoms with Crippen molar-refractivity contribution in [3.63, 3.8) is 0 Å². The lowest BCUT2D eigenvalue weighted by Gasteiger charge is -2.39. The first-order valence-electron chi connectivity index (χ1n) is 31.6. The van der Waals surface area contributed by atoms with Crippen molar-refractivity contribution in [1.82, 2.24) is 0 Å².